The van der Waals surface area contributed by atoms with Gasteiger partial charge in [-0.1, -0.05) is 0 Å². The van der Waals surface area contributed by atoms with Gasteiger partial charge < -0.3 is 14.4 Å². The molecule has 0 bridgehead atoms. The molecule has 148 valence electrons. The summed E-state index contributed by atoms with van der Waals surface area (Å²) < 4.78 is 10.5. The molecule has 0 unspecified atom stereocenters. The van der Waals surface area contributed by atoms with Gasteiger partial charge in [0, 0.05) is 25.7 Å². The minimum atomic E-state index is -1.04. The van der Waals surface area contributed by atoms with Crippen molar-refractivity contribution >= 4 is 23.1 Å². The Morgan fingerprint density at radius 2 is 1.71 bits per heavy atom. The van der Waals surface area contributed by atoms with E-state index in [2.05, 4.69) is 0 Å². The Morgan fingerprint density at radius 1 is 1.11 bits per heavy atom. The van der Waals surface area contributed by atoms with Crippen LogP contribution in [0, 0.1) is 10.1 Å². The van der Waals surface area contributed by atoms with Crippen LogP contribution in [0.15, 0.2) is 42.5 Å². The molecule has 1 atom stereocenters. The third kappa shape index (κ3) is 4.85. The van der Waals surface area contributed by atoms with E-state index in [1.807, 2.05) is 6.92 Å². The average molecular weight is 386 g/mol. The predicted octanol–water partition coefficient (Wildman–Crippen LogP) is 3.49. The summed E-state index contributed by atoms with van der Waals surface area (Å²) in [6.07, 6.45) is -1.04. The lowest BCUT2D eigenvalue weighted by atomic mass is 10.1. The van der Waals surface area contributed by atoms with E-state index in [-0.39, 0.29) is 17.0 Å². The van der Waals surface area contributed by atoms with Gasteiger partial charge in [0.15, 0.2) is 6.10 Å². The highest BCUT2D eigenvalue weighted by Gasteiger charge is 2.23. The van der Waals surface area contributed by atoms with Gasteiger partial charge in [-0.2, -0.15) is 0 Å². The summed E-state index contributed by atoms with van der Waals surface area (Å²) in [5.74, 6) is -0.548. The van der Waals surface area contributed by atoms with Crippen LogP contribution in [0.5, 0.6) is 5.75 Å². The highest BCUT2D eigenvalue weighted by molar-refractivity contribution is 6.01. The van der Waals surface area contributed by atoms with E-state index in [1.54, 1.807) is 43.3 Å². The van der Waals surface area contributed by atoms with E-state index in [4.69, 9.17) is 9.47 Å². The number of hydrogen-bond donors (Lipinski definition) is 0. The lowest BCUT2D eigenvalue weighted by molar-refractivity contribution is -0.384. The Kier molecular flexibility index (Phi) is 6.70. The zero-order valence-corrected chi connectivity index (χ0v) is 16.2. The minimum Gasteiger partial charge on any atom is -0.494 e. The quantitative estimate of drug-likeness (QED) is 0.296. The SMILES string of the molecule is CCOc1ccc(C(=O)[C@@H](C)OC(=O)c2ccc(N(C)C)c([N+](=O)[O-])c2)cc1. The molecule has 0 heterocycles. The molecule has 2 rings (SSSR count). The number of carbonyl (C=O) groups excluding carboxylic acids is 2. The van der Waals surface area contributed by atoms with E-state index >= 15 is 0 Å². The van der Waals surface area contributed by atoms with Crippen molar-refractivity contribution in [3.05, 3.63) is 63.7 Å². The molecule has 2 aromatic rings. The zero-order valence-electron chi connectivity index (χ0n) is 16.2. The number of Topliss-reactive ketones (excluding diaryl/α,β-unsaturated/α-hetero) is 1. The van der Waals surface area contributed by atoms with E-state index in [9.17, 15) is 19.7 Å². The maximum atomic E-state index is 12.5. The van der Waals surface area contributed by atoms with Gasteiger partial charge >= 0.3 is 5.97 Å². The molecule has 0 aliphatic heterocycles. The summed E-state index contributed by atoms with van der Waals surface area (Å²) >= 11 is 0. The molecule has 0 aliphatic rings. The van der Waals surface area contributed by atoms with Crippen molar-refractivity contribution in [3.63, 3.8) is 0 Å². The molecular formula is C20H22N2O6. The highest BCUT2D eigenvalue weighted by atomic mass is 16.6. The number of esters is 1. The summed E-state index contributed by atoms with van der Waals surface area (Å²) in [4.78, 5) is 37.1. The summed E-state index contributed by atoms with van der Waals surface area (Å²) in [6, 6.07) is 10.5. The number of anilines is 1. The van der Waals surface area contributed by atoms with Crippen molar-refractivity contribution < 1.29 is 24.0 Å². The molecule has 2 aromatic carbocycles. The number of nitrogens with zero attached hydrogens (tertiary/aromatic N) is 2. The molecule has 0 aliphatic carbocycles. The van der Waals surface area contributed by atoms with Crippen LogP contribution in [0.2, 0.25) is 0 Å². The van der Waals surface area contributed by atoms with Crippen molar-refractivity contribution in [1.29, 1.82) is 0 Å². The van der Waals surface area contributed by atoms with Crippen molar-refractivity contribution in [1.82, 2.24) is 0 Å². The van der Waals surface area contributed by atoms with Gasteiger partial charge in [0.2, 0.25) is 5.78 Å². The molecule has 0 radical (unpaired) electrons. The second-order valence-electron chi connectivity index (χ2n) is 6.22. The maximum Gasteiger partial charge on any atom is 0.339 e. The van der Waals surface area contributed by atoms with Crippen LogP contribution in [0.1, 0.15) is 34.6 Å². The van der Waals surface area contributed by atoms with Gasteiger partial charge in [-0.05, 0) is 50.2 Å². The molecule has 0 saturated heterocycles. The molecule has 8 nitrogen and oxygen atoms in total. The Hall–Kier alpha value is -3.42. The van der Waals surface area contributed by atoms with Crippen LogP contribution >= 0.6 is 0 Å². The number of carbonyl (C=O) groups is 2. The first-order valence-electron chi connectivity index (χ1n) is 8.68. The summed E-state index contributed by atoms with van der Waals surface area (Å²) in [5, 5.41) is 11.3. The van der Waals surface area contributed by atoms with E-state index < -0.39 is 17.0 Å². The second-order valence-corrected chi connectivity index (χ2v) is 6.22. The molecule has 0 saturated carbocycles. The highest BCUT2D eigenvalue weighted by Crippen LogP contribution is 2.28. The Labute approximate surface area is 162 Å². The number of nitro groups is 1. The Bertz CT molecular complexity index is 877. The van der Waals surface area contributed by atoms with Crippen LogP contribution < -0.4 is 9.64 Å². The molecule has 0 N–H and O–H groups in total. The fourth-order valence-corrected chi connectivity index (χ4v) is 2.57. The van der Waals surface area contributed by atoms with Crippen LogP contribution in [0.25, 0.3) is 0 Å². The standard InChI is InChI=1S/C20H22N2O6/c1-5-27-16-9-6-14(7-10-16)19(23)13(2)28-20(24)15-8-11-17(21(3)4)18(12-15)22(25)26/h6-13H,5H2,1-4H3/t13-/m1/s1. The Morgan fingerprint density at radius 3 is 2.25 bits per heavy atom. The third-order valence-electron chi connectivity index (χ3n) is 3.99. The van der Waals surface area contributed by atoms with Gasteiger partial charge in [-0.3, -0.25) is 14.9 Å². The number of ether oxygens (including phenoxy) is 2. The molecule has 0 aromatic heterocycles. The van der Waals surface area contributed by atoms with Gasteiger partial charge in [0.25, 0.3) is 5.69 Å². The van der Waals surface area contributed by atoms with Gasteiger partial charge in [0.05, 0.1) is 17.1 Å². The van der Waals surface area contributed by atoms with Crippen LogP contribution in [-0.2, 0) is 4.74 Å². The van der Waals surface area contributed by atoms with E-state index in [1.165, 1.54) is 19.1 Å². The zero-order chi connectivity index (χ0) is 20.8. The van der Waals surface area contributed by atoms with Gasteiger partial charge in [0.1, 0.15) is 11.4 Å². The Balaban J connectivity index is 2.14. The number of rotatable bonds is 8. The topological polar surface area (TPSA) is 99.0 Å². The molecular weight excluding hydrogens is 364 g/mol. The van der Waals surface area contributed by atoms with Crippen molar-refractivity contribution in [2.75, 3.05) is 25.6 Å². The molecule has 0 amide bonds. The summed E-state index contributed by atoms with van der Waals surface area (Å²) in [5.41, 5.74) is 0.520. The fourth-order valence-electron chi connectivity index (χ4n) is 2.57. The number of benzene rings is 2. The number of ketones is 1. The lowest BCUT2D eigenvalue weighted by Crippen LogP contribution is -2.24. The first-order valence-corrected chi connectivity index (χ1v) is 8.68. The second kappa shape index (κ2) is 8.98. The summed E-state index contributed by atoms with van der Waals surface area (Å²) in [7, 11) is 3.33. The first-order chi connectivity index (χ1) is 13.2. The number of nitro benzene ring substituents is 1. The minimum absolute atomic E-state index is 0.00337. The first kappa shape index (κ1) is 20.9. The van der Waals surface area contributed by atoms with Crippen LogP contribution in [-0.4, -0.2) is 43.5 Å². The summed E-state index contributed by atoms with van der Waals surface area (Å²) in [6.45, 7) is 3.83. The molecule has 0 fully saturated rings. The molecule has 8 heteroatoms. The maximum absolute atomic E-state index is 12.5. The number of hydrogen-bond acceptors (Lipinski definition) is 7. The van der Waals surface area contributed by atoms with Gasteiger partial charge in [-0.25, -0.2) is 4.79 Å². The largest absolute Gasteiger partial charge is 0.494 e. The molecule has 0 spiro atoms. The molecule has 28 heavy (non-hydrogen) atoms. The van der Waals surface area contributed by atoms with Crippen LogP contribution in [0.3, 0.4) is 0 Å². The smallest absolute Gasteiger partial charge is 0.339 e. The van der Waals surface area contributed by atoms with Crippen LogP contribution in [0.4, 0.5) is 11.4 Å². The lowest BCUT2D eigenvalue weighted by Gasteiger charge is -2.15. The van der Waals surface area contributed by atoms with E-state index in [0.29, 0.717) is 23.6 Å². The third-order valence-corrected chi connectivity index (χ3v) is 3.99. The predicted molar refractivity (Wildman–Crippen MR) is 104 cm³/mol. The van der Waals surface area contributed by atoms with Crippen molar-refractivity contribution in [2.45, 2.75) is 20.0 Å². The van der Waals surface area contributed by atoms with E-state index in [0.717, 1.165) is 6.07 Å². The van der Waals surface area contributed by atoms with Crippen molar-refractivity contribution in [3.8, 4) is 5.75 Å². The van der Waals surface area contributed by atoms with Crippen molar-refractivity contribution in [2.24, 2.45) is 0 Å². The monoisotopic (exact) mass is 386 g/mol. The average Bonchev–Trinajstić information content (AvgIpc) is 2.67. The van der Waals surface area contributed by atoms with Gasteiger partial charge in [-0.15, -0.1) is 0 Å². The normalized spacial score (nSPS) is 11.4. The fraction of sp³-hybridized carbons (Fsp3) is 0.300.